The van der Waals surface area contributed by atoms with Gasteiger partial charge in [0.2, 0.25) is 0 Å². The van der Waals surface area contributed by atoms with Crippen LogP contribution in [0, 0.1) is 0 Å². The lowest BCUT2D eigenvalue weighted by Gasteiger charge is -2.27. The number of halogens is 1. The Morgan fingerprint density at radius 3 is 2.53 bits per heavy atom. The Balaban J connectivity index is 2.35. The monoisotopic (exact) mass is 299 g/mol. The molecule has 0 radical (unpaired) electrons. The highest BCUT2D eigenvalue weighted by atomic mass is 79.9. The lowest BCUT2D eigenvalue weighted by molar-refractivity contribution is -0.160. The van der Waals surface area contributed by atoms with Crippen LogP contribution in [-0.2, 0) is 14.3 Å². The molecule has 1 aliphatic heterocycles. The van der Waals surface area contributed by atoms with Gasteiger partial charge in [-0.05, 0) is 18.2 Å². The predicted molar refractivity (Wildman–Crippen MR) is 64.0 cm³/mol. The summed E-state index contributed by atoms with van der Waals surface area (Å²) in [5.74, 6) is -0.498. The van der Waals surface area contributed by atoms with Crippen molar-refractivity contribution in [1.29, 1.82) is 0 Å². The molecule has 0 bridgehead atoms. The largest absolute Gasteiger partial charge is 0.495 e. The van der Waals surface area contributed by atoms with Crippen LogP contribution < -0.4 is 9.64 Å². The fourth-order valence-electron chi connectivity index (χ4n) is 1.64. The van der Waals surface area contributed by atoms with Crippen LogP contribution in [0.25, 0.3) is 0 Å². The summed E-state index contributed by atoms with van der Waals surface area (Å²) in [6.07, 6.45) is 0. The number of methoxy groups -OCH3 is 1. The van der Waals surface area contributed by atoms with E-state index < -0.39 is 11.9 Å². The first-order valence-corrected chi connectivity index (χ1v) is 5.71. The number of cyclic esters (lactones) is 2. The summed E-state index contributed by atoms with van der Waals surface area (Å²) in [6.45, 7) is 0.0805. The second kappa shape index (κ2) is 4.75. The second-order valence-electron chi connectivity index (χ2n) is 3.52. The number of carbonyl (C=O) groups excluding carboxylic acids is 2. The molecular weight excluding hydrogens is 290 g/mol. The van der Waals surface area contributed by atoms with Gasteiger partial charge in [0, 0.05) is 4.47 Å². The molecular formula is C11H10BrNO4. The van der Waals surface area contributed by atoms with Crippen molar-refractivity contribution in [3.8, 4) is 5.75 Å². The van der Waals surface area contributed by atoms with Crippen molar-refractivity contribution in [2.45, 2.75) is 0 Å². The van der Waals surface area contributed by atoms with E-state index in [2.05, 4.69) is 20.7 Å². The first-order valence-electron chi connectivity index (χ1n) is 4.92. The van der Waals surface area contributed by atoms with E-state index in [1.54, 1.807) is 17.0 Å². The van der Waals surface area contributed by atoms with Gasteiger partial charge in [0.25, 0.3) is 0 Å². The molecule has 1 fully saturated rings. The molecule has 0 unspecified atom stereocenters. The summed E-state index contributed by atoms with van der Waals surface area (Å²) in [5, 5.41) is 0. The minimum Gasteiger partial charge on any atom is -0.495 e. The summed E-state index contributed by atoms with van der Waals surface area (Å²) in [6, 6.07) is 5.39. The lowest BCUT2D eigenvalue weighted by atomic mass is 10.2. The van der Waals surface area contributed by atoms with Crippen LogP contribution in [0.3, 0.4) is 0 Å². The fourth-order valence-corrected chi connectivity index (χ4v) is 1.99. The minimum absolute atomic E-state index is 0.0402. The van der Waals surface area contributed by atoms with E-state index in [9.17, 15) is 9.59 Å². The maximum Gasteiger partial charge on any atom is 0.333 e. The molecule has 1 heterocycles. The third-order valence-electron chi connectivity index (χ3n) is 2.35. The Labute approximate surface area is 106 Å². The van der Waals surface area contributed by atoms with Crippen LogP contribution in [0.2, 0.25) is 0 Å². The third kappa shape index (κ3) is 2.58. The van der Waals surface area contributed by atoms with Crippen molar-refractivity contribution in [2.24, 2.45) is 0 Å². The molecule has 5 nitrogen and oxygen atoms in total. The third-order valence-corrected chi connectivity index (χ3v) is 2.84. The number of rotatable bonds is 2. The van der Waals surface area contributed by atoms with E-state index in [4.69, 9.17) is 4.74 Å². The zero-order chi connectivity index (χ0) is 12.4. The van der Waals surface area contributed by atoms with E-state index in [-0.39, 0.29) is 13.1 Å². The molecule has 0 amide bonds. The molecule has 1 aromatic carbocycles. The van der Waals surface area contributed by atoms with Crippen LogP contribution in [-0.4, -0.2) is 32.1 Å². The topological polar surface area (TPSA) is 55.8 Å². The smallest absolute Gasteiger partial charge is 0.333 e. The Kier molecular flexibility index (Phi) is 3.33. The van der Waals surface area contributed by atoms with Crippen LogP contribution in [0.5, 0.6) is 5.75 Å². The number of anilines is 1. The number of ether oxygens (including phenoxy) is 2. The van der Waals surface area contributed by atoms with Crippen molar-refractivity contribution in [3.63, 3.8) is 0 Å². The Morgan fingerprint density at radius 1 is 1.29 bits per heavy atom. The van der Waals surface area contributed by atoms with E-state index >= 15 is 0 Å². The quantitative estimate of drug-likeness (QED) is 0.609. The van der Waals surface area contributed by atoms with Gasteiger partial charge in [-0.2, -0.15) is 0 Å². The molecule has 1 saturated heterocycles. The summed E-state index contributed by atoms with van der Waals surface area (Å²) in [5.41, 5.74) is 0.687. The maximum absolute atomic E-state index is 11.2. The van der Waals surface area contributed by atoms with Crippen molar-refractivity contribution < 1.29 is 19.1 Å². The standard InChI is InChI=1S/C11H10BrNO4/c1-16-9-3-2-7(12)4-8(9)13-5-10(14)17-11(15)6-13/h2-4H,5-6H2,1H3. The highest BCUT2D eigenvalue weighted by Crippen LogP contribution is 2.31. The number of benzene rings is 1. The summed E-state index contributed by atoms with van der Waals surface area (Å²) in [7, 11) is 1.54. The Hall–Kier alpha value is -1.56. The molecule has 90 valence electrons. The van der Waals surface area contributed by atoms with Crippen molar-refractivity contribution >= 4 is 33.6 Å². The number of esters is 2. The number of morpholine rings is 1. The van der Waals surface area contributed by atoms with Crippen molar-refractivity contribution in [1.82, 2.24) is 0 Å². The van der Waals surface area contributed by atoms with E-state index in [1.165, 1.54) is 7.11 Å². The van der Waals surface area contributed by atoms with Gasteiger partial charge < -0.3 is 14.4 Å². The average Bonchev–Trinajstić information content (AvgIpc) is 2.27. The van der Waals surface area contributed by atoms with E-state index in [0.717, 1.165) is 4.47 Å². The highest BCUT2D eigenvalue weighted by Gasteiger charge is 2.26. The molecule has 0 aliphatic carbocycles. The Bertz CT molecular complexity index is 459. The van der Waals surface area contributed by atoms with Gasteiger partial charge in [-0.25, -0.2) is 9.59 Å². The number of carbonyl (C=O) groups is 2. The van der Waals surface area contributed by atoms with Gasteiger partial charge in [-0.3, -0.25) is 0 Å². The SMILES string of the molecule is COc1ccc(Br)cc1N1CC(=O)OC(=O)C1. The van der Waals surface area contributed by atoms with Crippen molar-refractivity contribution in [3.05, 3.63) is 22.7 Å². The molecule has 0 N–H and O–H groups in total. The van der Waals surface area contributed by atoms with Crippen LogP contribution >= 0.6 is 15.9 Å². The highest BCUT2D eigenvalue weighted by molar-refractivity contribution is 9.10. The van der Waals surface area contributed by atoms with Crippen molar-refractivity contribution in [2.75, 3.05) is 25.1 Å². The van der Waals surface area contributed by atoms with E-state index in [0.29, 0.717) is 11.4 Å². The van der Waals surface area contributed by atoms with Crippen LogP contribution in [0.1, 0.15) is 0 Å². The van der Waals surface area contributed by atoms with E-state index in [1.807, 2.05) is 6.07 Å². The van der Waals surface area contributed by atoms with Gasteiger partial charge in [0.05, 0.1) is 12.8 Å². The molecule has 0 spiro atoms. The number of nitrogens with zero attached hydrogens (tertiary/aromatic N) is 1. The average molecular weight is 300 g/mol. The zero-order valence-corrected chi connectivity index (χ0v) is 10.7. The minimum atomic E-state index is -0.553. The molecule has 1 aliphatic rings. The maximum atomic E-state index is 11.2. The molecule has 1 aromatic rings. The number of hydrogen-bond donors (Lipinski definition) is 0. The van der Waals surface area contributed by atoms with Gasteiger partial charge >= 0.3 is 11.9 Å². The summed E-state index contributed by atoms with van der Waals surface area (Å²) < 4.78 is 10.5. The molecule has 0 aromatic heterocycles. The van der Waals surface area contributed by atoms with Gasteiger partial charge in [0.15, 0.2) is 0 Å². The molecule has 2 rings (SSSR count). The van der Waals surface area contributed by atoms with Crippen LogP contribution in [0.4, 0.5) is 5.69 Å². The lowest BCUT2D eigenvalue weighted by Crippen LogP contribution is -2.43. The number of hydrogen-bond acceptors (Lipinski definition) is 5. The molecule has 0 saturated carbocycles. The summed E-state index contributed by atoms with van der Waals surface area (Å²) >= 11 is 3.34. The molecule has 0 atom stereocenters. The molecule has 6 heteroatoms. The van der Waals surface area contributed by atoms with Crippen LogP contribution in [0.15, 0.2) is 22.7 Å². The van der Waals surface area contributed by atoms with Gasteiger partial charge in [0.1, 0.15) is 18.8 Å². The normalized spacial score (nSPS) is 15.8. The molecule has 17 heavy (non-hydrogen) atoms. The fraction of sp³-hybridized carbons (Fsp3) is 0.273. The zero-order valence-electron chi connectivity index (χ0n) is 9.10. The second-order valence-corrected chi connectivity index (χ2v) is 4.43. The first-order chi connectivity index (χ1) is 8.10. The predicted octanol–water partition coefficient (Wildman–Crippen LogP) is 1.35. The first kappa shape index (κ1) is 11.9. The summed E-state index contributed by atoms with van der Waals surface area (Å²) in [4.78, 5) is 24.0. The Morgan fingerprint density at radius 2 is 1.94 bits per heavy atom. The van der Waals surface area contributed by atoms with Gasteiger partial charge in [-0.1, -0.05) is 15.9 Å². The van der Waals surface area contributed by atoms with Gasteiger partial charge in [-0.15, -0.1) is 0 Å².